The molecule has 1 amide bonds. The number of nitrogens with zero attached hydrogens (tertiary/aromatic N) is 1. The third-order valence-corrected chi connectivity index (χ3v) is 3.32. The Labute approximate surface area is 129 Å². The minimum atomic E-state index is -0.586. The zero-order valence-corrected chi connectivity index (χ0v) is 12.8. The van der Waals surface area contributed by atoms with Crippen LogP contribution in [-0.2, 0) is 0 Å². The molecule has 0 aliphatic rings. The molecule has 116 valence electrons. The van der Waals surface area contributed by atoms with Crippen LogP contribution in [0.5, 0.6) is 11.5 Å². The van der Waals surface area contributed by atoms with Gasteiger partial charge in [-0.15, -0.1) is 0 Å². The fourth-order valence-corrected chi connectivity index (χ4v) is 2.19. The predicted octanol–water partition coefficient (Wildman–Crippen LogP) is 3.51. The number of anilines is 1. The maximum absolute atomic E-state index is 14.0. The summed E-state index contributed by atoms with van der Waals surface area (Å²) in [6.07, 6.45) is 0. The van der Waals surface area contributed by atoms with E-state index in [0.29, 0.717) is 17.8 Å². The SMILES string of the molecule is CCN(C(=O)c1ccccc1)c1cc(OC)c(F)c(OC)c1. The van der Waals surface area contributed by atoms with Gasteiger partial charge in [-0.25, -0.2) is 0 Å². The number of hydrogen-bond donors (Lipinski definition) is 0. The molecule has 2 aromatic rings. The lowest BCUT2D eigenvalue weighted by Crippen LogP contribution is -2.30. The van der Waals surface area contributed by atoms with Crippen LogP contribution in [0.25, 0.3) is 0 Å². The lowest BCUT2D eigenvalue weighted by molar-refractivity contribution is 0.0988. The summed E-state index contributed by atoms with van der Waals surface area (Å²) in [5, 5.41) is 0. The summed E-state index contributed by atoms with van der Waals surface area (Å²) in [6, 6.07) is 11.9. The average molecular weight is 303 g/mol. The highest BCUT2D eigenvalue weighted by molar-refractivity contribution is 6.06. The third-order valence-electron chi connectivity index (χ3n) is 3.32. The van der Waals surface area contributed by atoms with Gasteiger partial charge in [0.05, 0.1) is 19.9 Å². The molecule has 4 nitrogen and oxygen atoms in total. The van der Waals surface area contributed by atoms with E-state index in [2.05, 4.69) is 0 Å². The Morgan fingerprint density at radius 3 is 2.09 bits per heavy atom. The quantitative estimate of drug-likeness (QED) is 0.848. The lowest BCUT2D eigenvalue weighted by atomic mass is 10.1. The van der Waals surface area contributed by atoms with E-state index in [1.54, 1.807) is 29.2 Å². The molecule has 0 heterocycles. The van der Waals surface area contributed by atoms with Crippen LogP contribution in [0.4, 0.5) is 10.1 Å². The Morgan fingerprint density at radius 2 is 1.64 bits per heavy atom. The van der Waals surface area contributed by atoms with Crippen molar-refractivity contribution in [2.45, 2.75) is 6.92 Å². The second-order valence-corrected chi connectivity index (χ2v) is 4.58. The summed E-state index contributed by atoms with van der Waals surface area (Å²) in [7, 11) is 2.74. The third kappa shape index (κ3) is 3.03. The topological polar surface area (TPSA) is 38.8 Å². The van der Waals surface area contributed by atoms with E-state index in [9.17, 15) is 9.18 Å². The number of carbonyl (C=O) groups is 1. The van der Waals surface area contributed by atoms with Crippen LogP contribution in [0.1, 0.15) is 17.3 Å². The van der Waals surface area contributed by atoms with Gasteiger partial charge in [0.25, 0.3) is 5.91 Å². The van der Waals surface area contributed by atoms with Crippen molar-refractivity contribution in [2.75, 3.05) is 25.7 Å². The smallest absolute Gasteiger partial charge is 0.258 e. The summed E-state index contributed by atoms with van der Waals surface area (Å²) in [6.45, 7) is 2.29. The van der Waals surface area contributed by atoms with Gasteiger partial charge in [-0.3, -0.25) is 4.79 Å². The molecular weight excluding hydrogens is 285 g/mol. The summed E-state index contributed by atoms with van der Waals surface area (Å²) >= 11 is 0. The molecule has 0 saturated carbocycles. The zero-order chi connectivity index (χ0) is 16.1. The van der Waals surface area contributed by atoms with E-state index in [0.717, 1.165) is 0 Å². The molecule has 0 aromatic heterocycles. The molecule has 0 radical (unpaired) electrons. The van der Waals surface area contributed by atoms with Gasteiger partial charge in [0, 0.05) is 24.2 Å². The van der Waals surface area contributed by atoms with Crippen LogP contribution in [0.15, 0.2) is 42.5 Å². The van der Waals surface area contributed by atoms with E-state index in [4.69, 9.17) is 9.47 Å². The van der Waals surface area contributed by atoms with Crippen molar-refractivity contribution in [1.82, 2.24) is 0 Å². The fraction of sp³-hybridized carbons (Fsp3) is 0.235. The Kier molecular flexibility index (Phi) is 4.99. The molecule has 0 unspecified atom stereocenters. The van der Waals surface area contributed by atoms with Crippen molar-refractivity contribution in [3.8, 4) is 11.5 Å². The molecule has 5 heteroatoms. The van der Waals surface area contributed by atoms with Gasteiger partial charge in [-0.05, 0) is 19.1 Å². The number of ether oxygens (including phenoxy) is 2. The van der Waals surface area contributed by atoms with Crippen LogP contribution < -0.4 is 14.4 Å². The molecule has 2 rings (SSSR count). The van der Waals surface area contributed by atoms with E-state index < -0.39 is 5.82 Å². The van der Waals surface area contributed by atoms with Crippen LogP contribution in [-0.4, -0.2) is 26.7 Å². The Bertz CT molecular complexity index is 633. The van der Waals surface area contributed by atoms with Crippen LogP contribution in [0.2, 0.25) is 0 Å². The summed E-state index contributed by atoms with van der Waals surface area (Å²) in [5.74, 6) is -0.682. The van der Waals surface area contributed by atoms with Gasteiger partial charge in [0.2, 0.25) is 5.82 Å². The van der Waals surface area contributed by atoms with E-state index in [1.807, 2.05) is 13.0 Å². The fourth-order valence-electron chi connectivity index (χ4n) is 2.19. The second kappa shape index (κ2) is 6.93. The number of methoxy groups -OCH3 is 2. The first kappa shape index (κ1) is 15.8. The molecule has 0 bridgehead atoms. The molecule has 22 heavy (non-hydrogen) atoms. The minimum Gasteiger partial charge on any atom is -0.493 e. The first-order chi connectivity index (χ1) is 10.6. The van der Waals surface area contributed by atoms with Crippen molar-refractivity contribution < 1.29 is 18.7 Å². The Hall–Kier alpha value is -2.56. The molecule has 0 aliphatic carbocycles. The molecule has 0 fully saturated rings. The van der Waals surface area contributed by atoms with Crippen LogP contribution in [0, 0.1) is 5.82 Å². The van der Waals surface area contributed by atoms with Crippen molar-refractivity contribution in [3.63, 3.8) is 0 Å². The monoisotopic (exact) mass is 303 g/mol. The highest BCUT2D eigenvalue weighted by atomic mass is 19.1. The molecule has 0 N–H and O–H groups in total. The molecule has 0 saturated heterocycles. The van der Waals surface area contributed by atoms with Gasteiger partial charge in [-0.1, -0.05) is 18.2 Å². The van der Waals surface area contributed by atoms with Crippen molar-refractivity contribution in [2.24, 2.45) is 0 Å². The first-order valence-corrected chi connectivity index (χ1v) is 6.90. The van der Waals surface area contributed by atoms with Crippen LogP contribution >= 0.6 is 0 Å². The second-order valence-electron chi connectivity index (χ2n) is 4.58. The maximum atomic E-state index is 14.0. The number of carbonyl (C=O) groups excluding carboxylic acids is 1. The van der Waals surface area contributed by atoms with Gasteiger partial charge < -0.3 is 14.4 Å². The Balaban J connectivity index is 2.45. The molecular formula is C17H18FNO3. The van der Waals surface area contributed by atoms with Gasteiger partial charge in [-0.2, -0.15) is 4.39 Å². The largest absolute Gasteiger partial charge is 0.493 e. The van der Waals surface area contributed by atoms with Crippen LogP contribution in [0.3, 0.4) is 0 Å². The zero-order valence-electron chi connectivity index (χ0n) is 12.8. The molecule has 2 aromatic carbocycles. The average Bonchev–Trinajstić information content (AvgIpc) is 2.57. The Morgan fingerprint density at radius 1 is 1.09 bits per heavy atom. The van der Waals surface area contributed by atoms with Gasteiger partial charge >= 0.3 is 0 Å². The number of benzene rings is 2. The summed E-state index contributed by atoms with van der Waals surface area (Å²) in [5.41, 5.74) is 1.08. The van der Waals surface area contributed by atoms with Crippen molar-refractivity contribution in [1.29, 1.82) is 0 Å². The number of amides is 1. The first-order valence-electron chi connectivity index (χ1n) is 6.90. The number of hydrogen-bond acceptors (Lipinski definition) is 3. The normalized spacial score (nSPS) is 10.2. The summed E-state index contributed by atoms with van der Waals surface area (Å²) in [4.78, 5) is 14.2. The highest BCUT2D eigenvalue weighted by Gasteiger charge is 2.20. The van der Waals surface area contributed by atoms with Crippen molar-refractivity contribution >= 4 is 11.6 Å². The standard InChI is InChI=1S/C17H18FNO3/c1-4-19(17(20)12-8-6-5-7-9-12)13-10-14(21-2)16(18)15(11-13)22-3/h5-11H,4H2,1-3H3. The van der Waals surface area contributed by atoms with Gasteiger partial charge in [0.15, 0.2) is 11.5 Å². The maximum Gasteiger partial charge on any atom is 0.258 e. The van der Waals surface area contributed by atoms with E-state index in [1.165, 1.54) is 26.4 Å². The summed E-state index contributed by atoms with van der Waals surface area (Å²) < 4.78 is 24.0. The number of rotatable bonds is 5. The van der Waals surface area contributed by atoms with E-state index in [-0.39, 0.29) is 17.4 Å². The molecule has 0 spiro atoms. The lowest BCUT2D eigenvalue weighted by Gasteiger charge is -2.22. The van der Waals surface area contributed by atoms with Crippen molar-refractivity contribution in [3.05, 3.63) is 53.8 Å². The minimum absolute atomic E-state index is 0.0358. The molecule has 0 atom stereocenters. The molecule has 0 aliphatic heterocycles. The highest BCUT2D eigenvalue weighted by Crippen LogP contribution is 2.33. The predicted molar refractivity (Wildman–Crippen MR) is 83.3 cm³/mol. The number of halogens is 1. The van der Waals surface area contributed by atoms with Gasteiger partial charge in [0.1, 0.15) is 0 Å². The van der Waals surface area contributed by atoms with E-state index >= 15 is 0 Å².